The van der Waals surface area contributed by atoms with E-state index in [4.69, 9.17) is 26.8 Å². The smallest absolute Gasteiger partial charge is 0.184 e. The summed E-state index contributed by atoms with van der Waals surface area (Å²) >= 11 is 10.8. The van der Waals surface area contributed by atoms with Crippen molar-refractivity contribution < 1.29 is 9.47 Å². The van der Waals surface area contributed by atoms with Crippen LogP contribution in [0.1, 0.15) is 12.5 Å². The number of nitrogens with two attached hydrogens (primary N) is 1. The Labute approximate surface area is 128 Å². The lowest BCUT2D eigenvalue weighted by Crippen LogP contribution is -2.23. The van der Waals surface area contributed by atoms with Crippen molar-refractivity contribution in [1.29, 1.82) is 0 Å². The highest BCUT2D eigenvalue weighted by Crippen LogP contribution is 2.36. The quantitative estimate of drug-likeness (QED) is 0.350. The Morgan fingerprint density at radius 2 is 2.30 bits per heavy atom. The van der Waals surface area contributed by atoms with Crippen molar-refractivity contribution in [2.45, 2.75) is 6.92 Å². The van der Waals surface area contributed by atoms with Crippen LogP contribution in [0, 0.1) is 0 Å². The summed E-state index contributed by atoms with van der Waals surface area (Å²) in [6, 6.07) is 3.46. The molecule has 0 amide bonds. The van der Waals surface area contributed by atoms with Gasteiger partial charge < -0.3 is 15.2 Å². The summed E-state index contributed by atoms with van der Waals surface area (Å²) in [5.41, 5.74) is 8.46. The van der Waals surface area contributed by atoms with Gasteiger partial charge in [0.05, 0.1) is 17.8 Å². The summed E-state index contributed by atoms with van der Waals surface area (Å²) in [6.45, 7) is 6.30. The van der Waals surface area contributed by atoms with E-state index >= 15 is 0 Å². The fourth-order valence-corrected chi connectivity index (χ4v) is 1.70. The van der Waals surface area contributed by atoms with Crippen LogP contribution in [-0.2, 0) is 0 Å². The van der Waals surface area contributed by atoms with E-state index in [0.717, 1.165) is 5.56 Å². The minimum Gasteiger partial charge on any atom is -0.490 e. The summed E-state index contributed by atoms with van der Waals surface area (Å²) in [7, 11) is 0. The molecule has 3 N–H and O–H groups in total. The zero-order valence-electron chi connectivity index (χ0n) is 11.1. The van der Waals surface area contributed by atoms with Gasteiger partial charge in [-0.25, -0.2) is 0 Å². The molecule has 0 aliphatic carbocycles. The van der Waals surface area contributed by atoms with E-state index in [1.54, 1.807) is 18.2 Å². The number of hydrogen-bond acceptors (Lipinski definition) is 4. The van der Waals surface area contributed by atoms with Crippen LogP contribution < -0.4 is 20.6 Å². The van der Waals surface area contributed by atoms with E-state index in [-0.39, 0.29) is 5.11 Å². The van der Waals surface area contributed by atoms with Crippen LogP contribution in [0.3, 0.4) is 0 Å². The summed E-state index contributed by atoms with van der Waals surface area (Å²) in [4.78, 5) is 0. The Morgan fingerprint density at radius 3 is 2.90 bits per heavy atom. The predicted molar refractivity (Wildman–Crippen MR) is 85.8 cm³/mol. The lowest BCUT2D eigenvalue weighted by Gasteiger charge is -2.13. The Hall–Kier alpha value is -1.79. The maximum atomic E-state index is 6.18. The predicted octanol–water partition coefficient (Wildman–Crippen LogP) is 2.47. The molecule has 0 saturated carbocycles. The molecule has 0 atom stereocenters. The Bertz CT molecular complexity index is 521. The lowest BCUT2D eigenvalue weighted by molar-refractivity contribution is 0.297. The largest absolute Gasteiger partial charge is 0.490 e. The summed E-state index contributed by atoms with van der Waals surface area (Å²) in [6.07, 6.45) is 3.17. The van der Waals surface area contributed by atoms with Crippen molar-refractivity contribution >= 4 is 35.1 Å². The molecule has 1 aromatic rings. The first-order valence-electron chi connectivity index (χ1n) is 5.87. The number of nitrogens with one attached hydrogen (secondary N) is 1. The van der Waals surface area contributed by atoms with Crippen LogP contribution in [0.4, 0.5) is 0 Å². The third kappa shape index (κ3) is 5.07. The molecular formula is C13H16ClN3O2S. The number of thiocarbonyl (C=S) groups is 1. The van der Waals surface area contributed by atoms with Gasteiger partial charge in [-0.15, -0.1) is 0 Å². The second-order valence-corrected chi connectivity index (χ2v) is 4.44. The minimum absolute atomic E-state index is 0.0864. The van der Waals surface area contributed by atoms with Gasteiger partial charge in [-0.05, 0) is 36.8 Å². The third-order valence-corrected chi connectivity index (χ3v) is 2.44. The van der Waals surface area contributed by atoms with Crippen molar-refractivity contribution in [2.24, 2.45) is 10.8 Å². The van der Waals surface area contributed by atoms with Crippen LogP contribution in [0.2, 0.25) is 5.02 Å². The second kappa shape index (κ2) is 8.39. The first-order valence-corrected chi connectivity index (χ1v) is 6.65. The van der Waals surface area contributed by atoms with Crippen LogP contribution in [0.15, 0.2) is 29.9 Å². The standard InChI is InChI=1S/C13H16ClN3O2S/c1-3-5-19-12-10(14)6-9(7-11(12)18-4-2)8-16-17-13(15)20/h3,6-8H,1,4-5H2,2H3,(H3,15,17,20)/b16-8+. The van der Waals surface area contributed by atoms with Gasteiger partial charge in [0.1, 0.15) is 6.61 Å². The van der Waals surface area contributed by atoms with Crippen molar-refractivity contribution in [1.82, 2.24) is 5.43 Å². The fourth-order valence-electron chi connectivity index (χ4n) is 1.38. The Balaban J connectivity index is 3.02. The highest BCUT2D eigenvalue weighted by Gasteiger charge is 2.11. The van der Waals surface area contributed by atoms with Crippen molar-refractivity contribution in [3.8, 4) is 11.5 Å². The number of hydrogen-bond donors (Lipinski definition) is 2. The minimum atomic E-state index is 0.0864. The van der Waals surface area contributed by atoms with E-state index in [1.807, 2.05) is 6.92 Å². The Kier molecular flexibility index (Phi) is 6.83. The van der Waals surface area contributed by atoms with Gasteiger partial charge in [0.2, 0.25) is 0 Å². The second-order valence-electron chi connectivity index (χ2n) is 3.60. The fraction of sp³-hybridized carbons (Fsp3) is 0.231. The molecule has 1 rings (SSSR count). The molecule has 0 heterocycles. The number of hydrazone groups is 1. The van der Waals surface area contributed by atoms with Gasteiger partial charge in [0.15, 0.2) is 16.6 Å². The van der Waals surface area contributed by atoms with Crippen LogP contribution in [0.25, 0.3) is 0 Å². The van der Waals surface area contributed by atoms with E-state index in [1.165, 1.54) is 6.21 Å². The highest BCUT2D eigenvalue weighted by molar-refractivity contribution is 7.80. The average molecular weight is 314 g/mol. The molecule has 0 radical (unpaired) electrons. The van der Waals surface area contributed by atoms with Gasteiger partial charge in [-0.3, -0.25) is 5.43 Å². The lowest BCUT2D eigenvalue weighted by atomic mass is 10.2. The maximum Gasteiger partial charge on any atom is 0.184 e. The molecule has 0 aliphatic heterocycles. The number of benzene rings is 1. The third-order valence-electron chi connectivity index (χ3n) is 2.07. The molecule has 0 unspecified atom stereocenters. The number of nitrogens with zero attached hydrogens (tertiary/aromatic N) is 1. The number of halogens is 1. The zero-order chi connectivity index (χ0) is 15.0. The normalized spacial score (nSPS) is 10.3. The van der Waals surface area contributed by atoms with Gasteiger partial charge in [-0.2, -0.15) is 5.10 Å². The molecule has 1 aromatic carbocycles. The first-order chi connectivity index (χ1) is 9.58. The summed E-state index contributed by atoms with van der Waals surface area (Å²) < 4.78 is 11.0. The Morgan fingerprint density at radius 1 is 1.55 bits per heavy atom. The van der Waals surface area contributed by atoms with E-state index < -0.39 is 0 Å². The summed E-state index contributed by atoms with van der Waals surface area (Å²) in [5.74, 6) is 1.02. The molecule has 0 saturated heterocycles. The maximum absolute atomic E-state index is 6.18. The van der Waals surface area contributed by atoms with E-state index in [2.05, 4.69) is 29.3 Å². The molecule has 0 aliphatic rings. The summed E-state index contributed by atoms with van der Waals surface area (Å²) in [5, 5.41) is 4.37. The molecule has 5 nitrogen and oxygen atoms in total. The zero-order valence-corrected chi connectivity index (χ0v) is 12.6. The monoisotopic (exact) mass is 313 g/mol. The topological polar surface area (TPSA) is 68.9 Å². The SMILES string of the molecule is C=CCOc1c(Cl)cc(/C=N/NC(N)=S)cc1OCC. The van der Waals surface area contributed by atoms with E-state index in [9.17, 15) is 0 Å². The molecule has 20 heavy (non-hydrogen) atoms. The van der Waals surface area contributed by atoms with Gasteiger partial charge in [0, 0.05) is 0 Å². The average Bonchev–Trinajstić information content (AvgIpc) is 2.38. The van der Waals surface area contributed by atoms with Crippen molar-refractivity contribution in [2.75, 3.05) is 13.2 Å². The van der Waals surface area contributed by atoms with Crippen LogP contribution in [-0.4, -0.2) is 24.5 Å². The molecule has 0 bridgehead atoms. The highest BCUT2D eigenvalue weighted by atomic mass is 35.5. The molecule has 7 heteroatoms. The number of ether oxygens (including phenoxy) is 2. The molecular weight excluding hydrogens is 298 g/mol. The molecule has 0 aromatic heterocycles. The van der Waals surface area contributed by atoms with Crippen molar-refractivity contribution in [3.63, 3.8) is 0 Å². The molecule has 0 fully saturated rings. The van der Waals surface area contributed by atoms with Crippen LogP contribution >= 0.6 is 23.8 Å². The molecule has 0 spiro atoms. The van der Waals surface area contributed by atoms with Crippen molar-refractivity contribution in [3.05, 3.63) is 35.4 Å². The first kappa shape index (κ1) is 16.3. The molecule has 108 valence electrons. The number of rotatable bonds is 7. The van der Waals surface area contributed by atoms with Gasteiger partial charge in [0.25, 0.3) is 0 Å². The van der Waals surface area contributed by atoms with Gasteiger partial charge >= 0.3 is 0 Å². The van der Waals surface area contributed by atoms with Crippen LogP contribution in [0.5, 0.6) is 11.5 Å². The van der Waals surface area contributed by atoms with E-state index in [0.29, 0.717) is 29.7 Å². The van der Waals surface area contributed by atoms with Gasteiger partial charge in [-0.1, -0.05) is 24.3 Å².